The van der Waals surface area contributed by atoms with Gasteiger partial charge in [-0.2, -0.15) is 5.10 Å². The number of halogens is 3. The van der Waals surface area contributed by atoms with Crippen molar-refractivity contribution in [1.82, 2.24) is 9.99 Å². The van der Waals surface area contributed by atoms with Crippen LogP contribution in [0.5, 0.6) is 0 Å². The monoisotopic (exact) mass is 511 g/mol. The van der Waals surface area contributed by atoms with Crippen LogP contribution >= 0.6 is 45.8 Å². The van der Waals surface area contributed by atoms with Crippen molar-refractivity contribution in [2.24, 2.45) is 5.10 Å². The van der Waals surface area contributed by atoms with Crippen molar-refractivity contribution in [1.29, 1.82) is 0 Å². The van der Waals surface area contributed by atoms with Gasteiger partial charge >= 0.3 is 0 Å². The fourth-order valence-electron chi connectivity index (χ4n) is 2.77. The molecule has 27 heavy (non-hydrogen) atoms. The highest BCUT2D eigenvalue weighted by molar-refractivity contribution is 14.1. The molecule has 0 saturated carbocycles. The molecule has 0 spiro atoms. The predicted octanol–water partition coefficient (Wildman–Crippen LogP) is 5.77. The van der Waals surface area contributed by atoms with E-state index in [9.17, 15) is 4.79 Å². The normalized spacial score (nSPS) is 11.1. The lowest BCUT2D eigenvalue weighted by atomic mass is 10.2. The second-order valence-electron chi connectivity index (χ2n) is 5.96. The topological polar surface area (TPSA) is 46.4 Å². The SMILES string of the molecule is Cc1cc(/C=N\NC(=O)c2ccc(I)cc2)c(C)n1-c1cc(Cl)ccc1Cl. The van der Waals surface area contributed by atoms with E-state index in [1.165, 1.54) is 0 Å². The van der Waals surface area contributed by atoms with Gasteiger partial charge in [0.05, 0.1) is 16.9 Å². The number of amides is 1. The third kappa shape index (κ3) is 4.54. The van der Waals surface area contributed by atoms with Gasteiger partial charge in [0, 0.05) is 31.1 Å². The Morgan fingerprint density at radius 3 is 2.52 bits per heavy atom. The Labute approximate surface area is 181 Å². The first-order chi connectivity index (χ1) is 12.9. The first-order valence-electron chi connectivity index (χ1n) is 8.10. The fourth-order valence-corrected chi connectivity index (χ4v) is 3.50. The minimum Gasteiger partial charge on any atom is -0.316 e. The van der Waals surface area contributed by atoms with E-state index in [4.69, 9.17) is 23.2 Å². The van der Waals surface area contributed by atoms with Crippen molar-refractivity contribution in [2.45, 2.75) is 13.8 Å². The average molecular weight is 512 g/mol. The molecular formula is C20H16Cl2IN3O. The third-order valence-corrected chi connectivity index (χ3v) is 5.37. The van der Waals surface area contributed by atoms with E-state index < -0.39 is 0 Å². The molecule has 2 aromatic carbocycles. The van der Waals surface area contributed by atoms with Crippen molar-refractivity contribution in [2.75, 3.05) is 0 Å². The Bertz CT molecular complexity index is 1030. The van der Waals surface area contributed by atoms with Gasteiger partial charge in [0.15, 0.2) is 0 Å². The number of aryl methyl sites for hydroxylation is 1. The first-order valence-corrected chi connectivity index (χ1v) is 9.93. The quantitative estimate of drug-likeness (QED) is 0.270. The summed E-state index contributed by atoms with van der Waals surface area (Å²) in [6.07, 6.45) is 1.63. The highest BCUT2D eigenvalue weighted by Gasteiger charge is 2.13. The fraction of sp³-hybridized carbons (Fsp3) is 0.100. The summed E-state index contributed by atoms with van der Waals surface area (Å²) in [5, 5.41) is 5.31. The van der Waals surface area contributed by atoms with E-state index in [2.05, 4.69) is 33.1 Å². The van der Waals surface area contributed by atoms with Crippen LogP contribution in [-0.4, -0.2) is 16.7 Å². The molecule has 1 N–H and O–H groups in total. The van der Waals surface area contributed by atoms with E-state index in [0.29, 0.717) is 15.6 Å². The predicted molar refractivity (Wildman–Crippen MR) is 119 cm³/mol. The van der Waals surface area contributed by atoms with Gasteiger partial charge in [0.2, 0.25) is 0 Å². The molecule has 3 rings (SSSR count). The summed E-state index contributed by atoms with van der Waals surface area (Å²) in [4.78, 5) is 12.1. The molecule has 0 aliphatic rings. The Hall–Kier alpha value is -1.83. The summed E-state index contributed by atoms with van der Waals surface area (Å²) >= 11 is 14.6. The summed E-state index contributed by atoms with van der Waals surface area (Å²) in [5.74, 6) is -0.255. The zero-order chi connectivity index (χ0) is 19.6. The molecule has 3 aromatic rings. The van der Waals surface area contributed by atoms with Crippen molar-refractivity contribution in [3.8, 4) is 5.69 Å². The Kier molecular flexibility index (Phi) is 6.24. The number of hydrogen-bond donors (Lipinski definition) is 1. The molecule has 0 aliphatic carbocycles. The van der Waals surface area contributed by atoms with E-state index in [1.807, 2.05) is 42.7 Å². The summed E-state index contributed by atoms with van der Waals surface area (Å²) in [6.45, 7) is 3.94. The molecule has 7 heteroatoms. The van der Waals surface area contributed by atoms with Crippen LogP contribution in [0.25, 0.3) is 5.69 Å². The van der Waals surface area contributed by atoms with Crippen LogP contribution in [-0.2, 0) is 0 Å². The van der Waals surface area contributed by atoms with E-state index in [-0.39, 0.29) is 5.91 Å². The average Bonchev–Trinajstić information content (AvgIpc) is 2.91. The van der Waals surface area contributed by atoms with Gasteiger partial charge < -0.3 is 4.57 Å². The van der Waals surface area contributed by atoms with Crippen molar-refractivity contribution < 1.29 is 4.79 Å². The smallest absolute Gasteiger partial charge is 0.271 e. The number of hydrogen-bond acceptors (Lipinski definition) is 2. The molecule has 1 aromatic heterocycles. The van der Waals surface area contributed by atoms with E-state index in [1.54, 1.807) is 30.5 Å². The summed E-state index contributed by atoms with van der Waals surface area (Å²) < 4.78 is 3.08. The summed E-state index contributed by atoms with van der Waals surface area (Å²) in [6, 6.07) is 14.6. The van der Waals surface area contributed by atoms with Gasteiger partial charge in [-0.3, -0.25) is 4.79 Å². The van der Waals surface area contributed by atoms with Gasteiger partial charge in [-0.1, -0.05) is 23.2 Å². The van der Waals surface area contributed by atoms with Gasteiger partial charge in [-0.15, -0.1) is 0 Å². The number of rotatable bonds is 4. The molecule has 1 amide bonds. The number of nitrogens with one attached hydrogen (secondary N) is 1. The molecule has 4 nitrogen and oxygen atoms in total. The molecule has 0 bridgehead atoms. The zero-order valence-electron chi connectivity index (χ0n) is 14.6. The molecule has 0 atom stereocenters. The minimum absolute atomic E-state index is 0.255. The highest BCUT2D eigenvalue weighted by Crippen LogP contribution is 2.28. The zero-order valence-corrected chi connectivity index (χ0v) is 18.3. The molecular weight excluding hydrogens is 496 g/mol. The second-order valence-corrected chi connectivity index (χ2v) is 8.05. The largest absolute Gasteiger partial charge is 0.316 e. The molecule has 0 unspecified atom stereocenters. The lowest BCUT2D eigenvalue weighted by molar-refractivity contribution is 0.0955. The lowest BCUT2D eigenvalue weighted by Crippen LogP contribution is -2.17. The van der Waals surface area contributed by atoms with Gasteiger partial charge in [0.25, 0.3) is 5.91 Å². The van der Waals surface area contributed by atoms with E-state index >= 15 is 0 Å². The first kappa shape index (κ1) is 19.9. The molecule has 0 fully saturated rings. The molecule has 0 radical (unpaired) electrons. The van der Waals surface area contributed by atoms with Crippen molar-refractivity contribution in [3.05, 3.63) is 84.7 Å². The minimum atomic E-state index is -0.255. The maximum Gasteiger partial charge on any atom is 0.271 e. The van der Waals surface area contributed by atoms with Crippen LogP contribution in [0, 0.1) is 17.4 Å². The Morgan fingerprint density at radius 2 is 1.81 bits per heavy atom. The second kappa shape index (κ2) is 8.46. The van der Waals surface area contributed by atoms with Crippen molar-refractivity contribution in [3.63, 3.8) is 0 Å². The maximum atomic E-state index is 12.1. The van der Waals surface area contributed by atoms with Crippen LogP contribution in [0.4, 0.5) is 0 Å². The Morgan fingerprint density at radius 1 is 1.11 bits per heavy atom. The number of hydrazone groups is 1. The van der Waals surface area contributed by atoms with Crippen LogP contribution in [0.15, 0.2) is 53.6 Å². The van der Waals surface area contributed by atoms with Gasteiger partial charge in [-0.05, 0) is 85.0 Å². The standard InChI is InChI=1S/C20H16Cl2IN3O/c1-12-9-15(11-24-25-20(27)14-3-6-17(23)7-4-14)13(2)26(12)19-10-16(21)5-8-18(19)22/h3-11H,1-2H3,(H,25,27)/b24-11-. The molecule has 138 valence electrons. The van der Waals surface area contributed by atoms with Crippen LogP contribution in [0.1, 0.15) is 27.3 Å². The molecule has 0 aliphatic heterocycles. The van der Waals surface area contributed by atoms with Crippen LogP contribution in [0.2, 0.25) is 10.0 Å². The molecule has 1 heterocycles. The number of carbonyl (C=O) groups is 1. The lowest BCUT2D eigenvalue weighted by Gasteiger charge is -2.12. The number of carbonyl (C=O) groups excluding carboxylic acids is 1. The van der Waals surface area contributed by atoms with Crippen LogP contribution < -0.4 is 5.43 Å². The number of nitrogens with zero attached hydrogens (tertiary/aromatic N) is 2. The third-order valence-electron chi connectivity index (χ3n) is 4.10. The molecule has 0 saturated heterocycles. The van der Waals surface area contributed by atoms with E-state index in [0.717, 1.165) is 26.2 Å². The summed E-state index contributed by atoms with van der Waals surface area (Å²) in [5.41, 5.74) is 6.74. The number of benzene rings is 2. The van der Waals surface area contributed by atoms with Gasteiger partial charge in [0.1, 0.15) is 0 Å². The Balaban J connectivity index is 1.82. The van der Waals surface area contributed by atoms with Crippen LogP contribution in [0.3, 0.4) is 0 Å². The van der Waals surface area contributed by atoms with Crippen molar-refractivity contribution >= 4 is 57.9 Å². The highest BCUT2D eigenvalue weighted by atomic mass is 127. The van der Waals surface area contributed by atoms with Gasteiger partial charge in [-0.25, -0.2) is 5.43 Å². The maximum absolute atomic E-state index is 12.1. The number of aromatic nitrogens is 1. The summed E-state index contributed by atoms with van der Waals surface area (Å²) in [7, 11) is 0.